The molecular weight excluding hydrogens is 393 g/mol. The Kier molecular flexibility index (Phi) is 5.57. The quantitative estimate of drug-likeness (QED) is 0.699. The molecule has 8 heteroatoms. The summed E-state index contributed by atoms with van der Waals surface area (Å²) in [4.78, 5) is 26.7. The molecule has 2 aliphatic rings. The number of benzene rings is 1. The van der Waals surface area contributed by atoms with Crippen LogP contribution in [-0.2, 0) is 0 Å². The van der Waals surface area contributed by atoms with Crippen molar-refractivity contribution in [1.82, 2.24) is 9.88 Å². The summed E-state index contributed by atoms with van der Waals surface area (Å²) in [6.07, 6.45) is 3.04. The first-order chi connectivity index (χ1) is 13.9. The Morgan fingerprint density at radius 1 is 1.41 bits per heavy atom. The molecule has 4 rings (SSSR count). The van der Waals surface area contributed by atoms with Gasteiger partial charge in [-0.05, 0) is 44.9 Å². The van der Waals surface area contributed by atoms with Crippen LogP contribution < -0.4 is 15.6 Å². The Balaban J connectivity index is 1.85. The van der Waals surface area contributed by atoms with E-state index in [2.05, 4.69) is 17.1 Å². The van der Waals surface area contributed by atoms with Gasteiger partial charge >= 0.3 is 5.97 Å². The van der Waals surface area contributed by atoms with Crippen LogP contribution in [-0.4, -0.2) is 47.1 Å². The topological polar surface area (TPSA) is 74.6 Å². The maximum absolute atomic E-state index is 15.1. The van der Waals surface area contributed by atoms with Crippen LogP contribution in [0.5, 0.6) is 0 Å². The summed E-state index contributed by atoms with van der Waals surface area (Å²) in [5, 5.41) is 13.6. The standard InChI is InChI=1S/C21H26FN3O3S/c1-3-6-23-10-13-5-4-7-24(13)17-9-16-14(8-15(17)22)19(26)18(21(27)28)20-25(16)12(2)11-29-20/h8-9,12-13,23H,3-7,10-11H2,1-2H3,(H,27,28). The second kappa shape index (κ2) is 7.99. The summed E-state index contributed by atoms with van der Waals surface area (Å²) in [5.74, 6) is -1.03. The lowest BCUT2D eigenvalue weighted by Crippen LogP contribution is -2.38. The van der Waals surface area contributed by atoms with Gasteiger partial charge in [0.05, 0.1) is 16.2 Å². The molecule has 0 radical (unpaired) electrons. The zero-order chi connectivity index (χ0) is 20.7. The molecule has 0 aliphatic carbocycles. The summed E-state index contributed by atoms with van der Waals surface area (Å²) in [6.45, 7) is 6.61. The van der Waals surface area contributed by atoms with Crippen LogP contribution in [0.25, 0.3) is 10.9 Å². The van der Waals surface area contributed by atoms with Gasteiger partial charge in [0, 0.05) is 36.3 Å². The minimum atomic E-state index is -1.26. The number of anilines is 1. The van der Waals surface area contributed by atoms with E-state index in [1.165, 1.54) is 17.8 Å². The highest BCUT2D eigenvalue weighted by atomic mass is 32.2. The largest absolute Gasteiger partial charge is 0.477 e. The highest BCUT2D eigenvalue weighted by Gasteiger charge is 2.32. The number of aromatic nitrogens is 1. The number of thioether (sulfide) groups is 1. The fourth-order valence-corrected chi connectivity index (χ4v) is 5.76. The van der Waals surface area contributed by atoms with Crippen LogP contribution in [0.3, 0.4) is 0 Å². The van der Waals surface area contributed by atoms with Crippen LogP contribution >= 0.6 is 11.8 Å². The molecule has 2 aromatic rings. The van der Waals surface area contributed by atoms with E-state index in [-0.39, 0.29) is 23.0 Å². The molecule has 2 unspecified atom stereocenters. The molecule has 6 nitrogen and oxygen atoms in total. The second-order valence-electron chi connectivity index (χ2n) is 7.86. The van der Waals surface area contributed by atoms with Crippen LogP contribution in [0.1, 0.15) is 49.5 Å². The van der Waals surface area contributed by atoms with E-state index in [4.69, 9.17) is 0 Å². The molecule has 0 amide bonds. The molecule has 1 fully saturated rings. The van der Waals surface area contributed by atoms with Crippen molar-refractivity contribution in [1.29, 1.82) is 0 Å². The fourth-order valence-electron chi connectivity index (χ4n) is 4.47. The Hall–Kier alpha value is -2.06. The van der Waals surface area contributed by atoms with E-state index in [9.17, 15) is 14.7 Å². The molecule has 29 heavy (non-hydrogen) atoms. The molecule has 0 spiro atoms. The third kappa shape index (κ3) is 3.42. The van der Waals surface area contributed by atoms with Crippen molar-refractivity contribution in [3.8, 4) is 0 Å². The van der Waals surface area contributed by atoms with E-state index in [1.807, 2.05) is 11.5 Å². The first kappa shape index (κ1) is 20.2. The highest BCUT2D eigenvalue weighted by molar-refractivity contribution is 7.99. The van der Waals surface area contributed by atoms with E-state index in [0.717, 1.165) is 38.9 Å². The SMILES string of the molecule is CCCNCC1CCCN1c1cc2c(cc1F)c(=O)c(C(=O)O)c1n2C(C)CS1. The molecule has 0 bridgehead atoms. The molecule has 3 heterocycles. The number of fused-ring (bicyclic) bond motifs is 3. The van der Waals surface area contributed by atoms with Crippen LogP contribution in [0.15, 0.2) is 22.0 Å². The zero-order valence-electron chi connectivity index (χ0n) is 16.7. The number of hydrogen-bond acceptors (Lipinski definition) is 5. The number of hydrogen-bond donors (Lipinski definition) is 2. The summed E-state index contributed by atoms with van der Waals surface area (Å²) in [6, 6.07) is 3.23. The minimum absolute atomic E-state index is 0.0371. The zero-order valence-corrected chi connectivity index (χ0v) is 17.5. The number of carboxylic acid groups (broad SMARTS) is 1. The number of rotatable bonds is 6. The lowest BCUT2D eigenvalue weighted by Gasteiger charge is -2.28. The van der Waals surface area contributed by atoms with Crippen molar-refractivity contribution in [2.24, 2.45) is 0 Å². The Labute approximate surface area is 173 Å². The molecular formula is C21H26FN3O3S. The van der Waals surface area contributed by atoms with E-state index < -0.39 is 17.2 Å². The number of nitrogens with zero attached hydrogens (tertiary/aromatic N) is 2. The summed E-state index contributed by atoms with van der Waals surface area (Å²) < 4.78 is 17.0. The van der Waals surface area contributed by atoms with Crippen LogP contribution in [0, 0.1) is 5.82 Å². The lowest BCUT2D eigenvalue weighted by atomic mass is 10.1. The Morgan fingerprint density at radius 3 is 2.93 bits per heavy atom. The molecule has 1 saturated heterocycles. The van der Waals surface area contributed by atoms with E-state index in [1.54, 1.807) is 6.07 Å². The average molecular weight is 420 g/mol. The van der Waals surface area contributed by atoms with Gasteiger partial charge in [-0.1, -0.05) is 6.92 Å². The van der Waals surface area contributed by atoms with Gasteiger partial charge in [-0.3, -0.25) is 4.79 Å². The highest BCUT2D eigenvalue weighted by Crippen LogP contribution is 2.39. The molecule has 1 aromatic heterocycles. The van der Waals surface area contributed by atoms with Crippen molar-refractivity contribution in [2.45, 2.75) is 50.2 Å². The summed E-state index contributed by atoms with van der Waals surface area (Å²) >= 11 is 1.38. The van der Waals surface area contributed by atoms with Gasteiger partial charge < -0.3 is 19.9 Å². The number of carbonyl (C=O) groups is 1. The van der Waals surface area contributed by atoms with Gasteiger partial charge in [0.2, 0.25) is 5.43 Å². The average Bonchev–Trinajstić information content (AvgIpc) is 3.29. The third-order valence-corrected chi connectivity index (χ3v) is 7.16. The maximum atomic E-state index is 15.1. The van der Waals surface area contributed by atoms with Gasteiger partial charge in [0.15, 0.2) is 0 Å². The third-order valence-electron chi connectivity index (χ3n) is 5.84. The Bertz CT molecular complexity index is 1020. The van der Waals surface area contributed by atoms with Crippen LogP contribution in [0.4, 0.5) is 10.1 Å². The predicted octanol–water partition coefficient (Wildman–Crippen LogP) is 3.47. The number of carboxylic acids is 1. The predicted molar refractivity (Wildman–Crippen MR) is 114 cm³/mol. The van der Waals surface area contributed by atoms with Gasteiger partial charge in [-0.2, -0.15) is 0 Å². The number of nitrogens with one attached hydrogen (secondary N) is 1. The first-order valence-corrected chi connectivity index (χ1v) is 11.2. The number of halogens is 1. The molecule has 1 aromatic carbocycles. The lowest BCUT2D eigenvalue weighted by molar-refractivity contribution is 0.0690. The van der Waals surface area contributed by atoms with E-state index >= 15 is 4.39 Å². The van der Waals surface area contributed by atoms with Crippen molar-refractivity contribution < 1.29 is 14.3 Å². The van der Waals surface area contributed by atoms with Crippen molar-refractivity contribution in [3.63, 3.8) is 0 Å². The Morgan fingerprint density at radius 2 is 2.21 bits per heavy atom. The van der Waals surface area contributed by atoms with Crippen molar-refractivity contribution in [2.75, 3.05) is 30.3 Å². The van der Waals surface area contributed by atoms with Gasteiger partial charge in [-0.15, -0.1) is 11.8 Å². The van der Waals surface area contributed by atoms with Crippen molar-refractivity contribution >= 4 is 34.3 Å². The van der Waals surface area contributed by atoms with Gasteiger partial charge in [0.1, 0.15) is 11.4 Å². The normalized spacial score (nSPS) is 21.1. The molecule has 2 aliphatic heterocycles. The van der Waals surface area contributed by atoms with E-state index in [0.29, 0.717) is 22.0 Å². The monoisotopic (exact) mass is 419 g/mol. The maximum Gasteiger partial charge on any atom is 0.342 e. The number of aromatic carboxylic acids is 1. The molecule has 2 N–H and O–H groups in total. The molecule has 0 saturated carbocycles. The number of pyridine rings is 1. The minimum Gasteiger partial charge on any atom is -0.477 e. The molecule has 2 atom stereocenters. The molecule has 156 valence electrons. The summed E-state index contributed by atoms with van der Waals surface area (Å²) in [7, 11) is 0. The first-order valence-electron chi connectivity index (χ1n) is 10.2. The summed E-state index contributed by atoms with van der Waals surface area (Å²) in [5.41, 5.74) is 0.269. The van der Waals surface area contributed by atoms with Crippen LogP contribution in [0.2, 0.25) is 0 Å². The van der Waals surface area contributed by atoms with Gasteiger partial charge in [-0.25, -0.2) is 9.18 Å². The van der Waals surface area contributed by atoms with Crippen molar-refractivity contribution in [3.05, 3.63) is 33.7 Å². The smallest absolute Gasteiger partial charge is 0.342 e. The van der Waals surface area contributed by atoms with Gasteiger partial charge in [0.25, 0.3) is 0 Å². The second-order valence-corrected chi connectivity index (χ2v) is 8.87. The fraction of sp³-hybridized carbons (Fsp3) is 0.524.